The zero-order valence-electron chi connectivity index (χ0n) is 10.9. The maximum Gasteiger partial charge on any atom is 0.316 e. The third-order valence-electron chi connectivity index (χ3n) is 3.07. The first kappa shape index (κ1) is 15.2. The van der Waals surface area contributed by atoms with E-state index in [9.17, 15) is 4.79 Å². The molecule has 3 nitrogen and oxygen atoms in total. The van der Waals surface area contributed by atoms with Crippen LogP contribution in [-0.2, 0) is 14.9 Å². The summed E-state index contributed by atoms with van der Waals surface area (Å²) in [5.41, 5.74) is 5.89. The first-order chi connectivity index (χ1) is 8.54. The molecule has 0 aromatic heterocycles. The number of ether oxygens (including phenoxy) is 1. The Hall–Kier alpha value is -0.870. The van der Waals surface area contributed by atoms with Crippen LogP contribution >= 0.6 is 15.9 Å². The van der Waals surface area contributed by atoms with Crippen LogP contribution in [0.5, 0.6) is 0 Å². The predicted molar refractivity (Wildman–Crippen MR) is 76.4 cm³/mol. The van der Waals surface area contributed by atoms with Gasteiger partial charge in [0, 0.05) is 4.47 Å². The van der Waals surface area contributed by atoms with Gasteiger partial charge in [0.1, 0.15) is 0 Å². The molecule has 100 valence electrons. The van der Waals surface area contributed by atoms with Gasteiger partial charge in [-0.3, -0.25) is 4.79 Å². The minimum Gasteiger partial charge on any atom is -0.465 e. The first-order valence-electron chi connectivity index (χ1n) is 6.18. The normalized spacial score (nSPS) is 14.0. The van der Waals surface area contributed by atoms with Gasteiger partial charge < -0.3 is 10.5 Å². The second-order valence-electron chi connectivity index (χ2n) is 4.46. The van der Waals surface area contributed by atoms with Crippen molar-refractivity contribution in [1.29, 1.82) is 0 Å². The van der Waals surface area contributed by atoms with E-state index in [2.05, 4.69) is 15.9 Å². The number of nitrogens with two attached hydrogens (primary N) is 1. The smallest absolute Gasteiger partial charge is 0.316 e. The van der Waals surface area contributed by atoms with Crippen molar-refractivity contribution in [2.75, 3.05) is 13.2 Å². The largest absolute Gasteiger partial charge is 0.465 e. The summed E-state index contributed by atoms with van der Waals surface area (Å²) in [5, 5.41) is 0. The van der Waals surface area contributed by atoms with Crippen LogP contribution in [0.2, 0.25) is 0 Å². The Bertz CT molecular complexity index is 409. The van der Waals surface area contributed by atoms with Crippen LogP contribution in [-0.4, -0.2) is 19.1 Å². The first-order valence-corrected chi connectivity index (χ1v) is 6.97. The van der Waals surface area contributed by atoms with E-state index in [-0.39, 0.29) is 5.97 Å². The summed E-state index contributed by atoms with van der Waals surface area (Å²) >= 11 is 3.43. The molecule has 0 fully saturated rings. The number of benzene rings is 1. The highest BCUT2D eigenvalue weighted by Crippen LogP contribution is 2.32. The van der Waals surface area contributed by atoms with Crippen molar-refractivity contribution in [3.05, 3.63) is 34.3 Å². The number of carbonyl (C=O) groups is 1. The molecule has 0 saturated heterocycles. The summed E-state index contributed by atoms with van der Waals surface area (Å²) < 4.78 is 6.16. The van der Waals surface area contributed by atoms with Crippen LogP contribution in [0.15, 0.2) is 28.7 Å². The van der Waals surface area contributed by atoms with Gasteiger partial charge in [-0.25, -0.2) is 0 Å². The maximum atomic E-state index is 12.2. The number of esters is 1. The van der Waals surface area contributed by atoms with Crippen molar-refractivity contribution >= 4 is 21.9 Å². The summed E-state index contributed by atoms with van der Waals surface area (Å²) in [5.74, 6) is -0.184. The average molecular weight is 314 g/mol. The van der Waals surface area contributed by atoms with Gasteiger partial charge in [-0.15, -0.1) is 0 Å². The lowest BCUT2D eigenvalue weighted by Crippen LogP contribution is -2.35. The topological polar surface area (TPSA) is 52.3 Å². The second kappa shape index (κ2) is 6.90. The molecule has 0 saturated carbocycles. The summed E-state index contributed by atoms with van der Waals surface area (Å²) in [6, 6.07) is 7.79. The molecular weight excluding hydrogens is 294 g/mol. The molecule has 1 rings (SSSR count). The quantitative estimate of drug-likeness (QED) is 0.821. The van der Waals surface area contributed by atoms with Crippen LogP contribution in [0.4, 0.5) is 0 Å². The van der Waals surface area contributed by atoms with Crippen molar-refractivity contribution in [1.82, 2.24) is 0 Å². The summed E-state index contributed by atoms with van der Waals surface area (Å²) in [7, 11) is 0. The van der Waals surface area contributed by atoms with Crippen molar-refractivity contribution in [2.24, 2.45) is 5.73 Å². The fraction of sp³-hybridized carbons (Fsp3) is 0.500. The van der Waals surface area contributed by atoms with Gasteiger partial charge in [0.15, 0.2) is 0 Å². The van der Waals surface area contributed by atoms with Gasteiger partial charge in [0.05, 0.1) is 12.0 Å². The molecule has 0 amide bonds. The molecule has 0 bridgehead atoms. The van der Waals surface area contributed by atoms with E-state index in [1.165, 1.54) is 0 Å². The van der Waals surface area contributed by atoms with Crippen LogP contribution in [0.25, 0.3) is 0 Å². The minimum absolute atomic E-state index is 0.184. The molecule has 2 N–H and O–H groups in total. The van der Waals surface area contributed by atoms with E-state index in [1.54, 1.807) is 0 Å². The number of carbonyl (C=O) groups excluding carboxylic acids is 1. The highest BCUT2D eigenvalue weighted by atomic mass is 79.9. The van der Waals surface area contributed by atoms with Crippen LogP contribution in [0.3, 0.4) is 0 Å². The van der Waals surface area contributed by atoms with Gasteiger partial charge in [0.2, 0.25) is 0 Å². The van der Waals surface area contributed by atoms with E-state index in [4.69, 9.17) is 10.5 Å². The SMILES string of the molecule is CCOC(=O)C(C)(CCCN)c1cccc(Br)c1. The molecule has 0 heterocycles. The van der Waals surface area contributed by atoms with Crippen molar-refractivity contribution < 1.29 is 9.53 Å². The average Bonchev–Trinajstić information content (AvgIpc) is 2.36. The predicted octanol–water partition coefficient (Wildman–Crippen LogP) is 3.01. The molecule has 0 aliphatic carbocycles. The zero-order chi connectivity index (χ0) is 13.6. The standard InChI is InChI=1S/C14H20BrNO2/c1-3-18-13(17)14(2,8-5-9-16)11-6-4-7-12(15)10-11/h4,6-7,10H,3,5,8-9,16H2,1-2H3. The molecule has 1 unspecified atom stereocenters. The summed E-state index contributed by atoms with van der Waals surface area (Å²) in [6.45, 7) is 4.71. The highest BCUT2D eigenvalue weighted by molar-refractivity contribution is 9.10. The lowest BCUT2D eigenvalue weighted by atomic mass is 9.78. The number of halogens is 1. The molecule has 0 aliphatic heterocycles. The van der Waals surface area contributed by atoms with Gasteiger partial charge in [0.25, 0.3) is 0 Å². The van der Waals surface area contributed by atoms with Crippen molar-refractivity contribution in [2.45, 2.75) is 32.1 Å². The van der Waals surface area contributed by atoms with Crippen molar-refractivity contribution in [3.8, 4) is 0 Å². The second-order valence-corrected chi connectivity index (χ2v) is 5.37. The fourth-order valence-corrected chi connectivity index (χ4v) is 2.34. The van der Waals surface area contributed by atoms with E-state index in [0.29, 0.717) is 19.6 Å². The lowest BCUT2D eigenvalue weighted by Gasteiger charge is -2.27. The van der Waals surface area contributed by atoms with E-state index in [0.717, 1.165) is 16.5 Å². The Morgan fingerprint density at radius 1 is 1.50 bits per heavy atom. The van der Waals surface area contributed by atoms with Crippen molar-refractivity contribution in [3.63, 3.8) is 0 Å². The molecule has 1 aromatic rings. The van der Waals surface area contributed by atoms with Gasteiger partial charge in [-0.1, -0.05) is 28.1 Å². The Morgan fingerprint density at radius 3 is 2.78 bits per heavy atom. The molecule has 1 aromatic carbocycles. The molecule has 4 heteroatoms. The fourth-order valence-electron chi connectivity index (χ4n) is 1.94. The van der Waals surface area contributed by atoms with Crippen LogP contribution in [0, 0.1) is 0 Å². The van der Waals surface area contributed by atoms with Crippen LogP contribution < -0.4 is 5.73 Å². The monoisotopic (exact) mass is 313 g/mol. The third kappa shape index (κ3) is 3.56. The van der Waals surface area contributed by atoms with E-state index < -0.39 is 5.41 Å². The molecular formula is C14H20BrNO2. The number of hydrogen-bond acceptors (Lipinski definition) is 3. The Balaban J connectivity index is 3.06. The molecule has 1 atom stereocenters. The summed E-state index contributed by atoms with van der Waals surface area (Å²) in [6.07, 6.45) is 1.49. The van der Waals surface area contributed by atoms with Gasteiger partial charge in [-0.05, 0) is 50.9 Å². The van der Waals surface area contributed by atoms with Crippen LogP contribution in [0.1, 0.15) is 32.3 Å². The molecule has 0 aliphatic rings. The van der Waals surface area contributed by atoms with E-state index in [1.807, 2.05) is 38.1 Å². The van der Waals surface area contributed by atoms with E-state index >= 15 is 0 Å². The Kier molecular flexibility index (Phi) is 5.82. The minimum atomic E-state index is -0.626. The lowest BCUT2D eigenvalue weighted by molar-refractivity contribution is -0.149. The van der Waals surface area contributed by atoms with Gasteiger partial charge in [-0.2, -0.15) is 0 Å². The summed E-state index contributed by atoms with van der Waals surface area (Å²) in [4.78, 5) is 12.2. The molecule has 0 radical (unpaired) electrons. The maximum absolute atomic E-state index is 12.2. The number of hydrogen-bond donors (Lipinski definition) is 1. The Labute approximate surface area is 117 Å². The Morgan fingerprint density at radius 2 is 2.22 bits per heavy atom. The number of rotatable bonds is 6. The molecule has 0 spiro atoms. The molecule has 18 heavy (non-hydrogen) atoms. The highest BCUT2D eigenvalue weighted by Gasteiger charge is 2.36. The third-order valence-corrected chi connectivity index (χ3v) is 3.56. The zero-order valence-corrected chi connectivity index (χ0v) is 12.5. The van der Waals surface area contributed by atoms with Gasteiger partial charge >= 0.3 is 5.97 Å².